The molecule has 200 valence electrons. The van der Waals surface area contributed by atoms with Gasteiger partial charge in [-0.05, 0) is 23.3 Å². The number of hydrogen-bond donors (Lipinski definition) is 2. The Bertz CT molecular complexity index is 1380. The highest BCUT2D eigenvalue weighted by molar-refractivity contribution is 7.98. The molecule has 0 saturated heterocycles. The van der Waals surface area contributed by atoms with Crippen molar-refractivity contribution in [2.75, 3.05) is 5.75 Å². The zero-order valence-electron chi connectivity index (χ0n) is 20.0. The number of nitro groups is 3. The van der Waals surface area contributed by atoms with Crippen LogP contribution in [0.4, 0.5) is 17.1 Å². The van der Waals surface area contributed by atoms with Gasteiger partial charge in [0.1, 0.15) is 6.04 Å². The third kappa shape index (κ3) is 8.43. The van der Waals surface area contributed by atoms with E-state index >= 15 is 0 Å². The van der Waals surface area contributed by atoms with Crippen LogP contribution < -0.4 is 10.7 Å². The van der Waals surface area contributed by atoms with Crippen LogP contribution in [0.15, 0.2) is 77.9 Å². The van der Waals surface area contributed by atoms with Crippen LogP contribution in [-0.4, -0.2) is 44.6 Å². The molecule has 0 aliphatic heterocycles. The number of carbonyl (C=O) groups is 2. The number of rotatable bonds is 12. The van der Waals surface area contributed by atoms with Crippen LogP contribution in [0.25, 0.3) is 0 Å². The van der Waals surface area contributed by atoms with Gasteiger partial charge in [0.15, 0.2) is 0 Å². The number of non-ortho nitro benzene ring substituents is 3. The van der Waals surface area contributed by atoms with E-state index in [1.807, 2.05) is 30.3 Å². The van der Waals surface area contributed by atoms with Gasteiger partial charge in [0.2, 0.25) is 0 Å². The number of hydrogen-bond acceptors (Lipinski definition) is 10. The fourth-order valence-electron chi connectivity index (χ4n) is 3.16. The molecule has 3 rings (SSSR count). The minimum atomic E-state index is -1.17. The van der Waals surface area contributed by atoms with Crippen LogP contribution in [-0.2, 0) is 10.5 Å². The second-order valence-corrected chi connectivity index (χ2v) is 8.89. The minimum Gasteiger partial charge on any atom is -0.339 e. The lowest BCUT2D eigenvalue weighted by Gasteiger charge is -2.17. The first kappa shape index (κ1) is 28.4. The fraction of sp³-hybridized carbons (Fsp3) is 0.125. The maximum atomic E-state index is 12.9. The van der Waals surface area contributed by atoms with Crippen molar-refractivity contribution in [3.05, 3.63) is 120 Å². The fourth-order valence-corrected chi connectivity index (χ4v) is 4.18. The van der Waals surface area contributed by atoms with Crippen LogP contribution in [0.3, 0.4) is 0 Å². The number of nitrogens with one attached hydrogen (secondary N) is 2. The van der Waals surface area contributed by atoms with Crippen molar-refractivity contribution in [1.29, 1.82) is 0 Å². The summed E-state index contributed by atoms with van der Waals surface area (Å²) in [7, 11) is 0. The van der Waals surface area contributed by atoms with Crippen LogP contribution in [0, 0.1) is 30.3 Å². The van der Waals surface area contributed by atoms with Gasteiger partial charge < -0.3 is 5.32 Å². The van der Waals surface area contributed by atoms with Crippen molar-refractivity contribution in [1.82, 2.24) is 10.7 Å². The maximum absolute atomic E-state index is 12.9. The van der Waals surface area contributed by atoms with Gasteiger partial charge in [0.05, 0.1) is 32.6 Å². The highest BCUT2D eigenvalue weighted by atomic mass is 32.2. The van der Waals surface area contributed by atoms with Crippen molar-refractivity contribution in [3.63, 3.8) is 0 Å². The SMILES string of the molecule is O=C(N[C@H](CSCc1ccccc1)C(=O)N/N=C\c1ccc([N+](=O)[O-])cc1)c1cc([N+](=O)[O-])cc([N+](=O)[O-])c1. The normalized spacial score (nSPS) is 11.5. The lowest BCUT2D eigenvalue weighted by Crippen LogP contribution is -2.47. The average molecular weight is 553 g/mol. The van der Waals surface area contributed by atoms with Crippen molar-refractivity contribution >= 4 is 46.9 Å². The molecular formula is C24H20N6O8S. The van der Waals surface area contributed by atoms with E-state index in [9.17, 15) is 39.9 Å². The summed E-state index contributed by atoms with van der Waals surface area (Å²) in [5.74, 6) is -1.06. The van der Waals surface area contributed by atoms with Crippen LogP contribution >= 0.6 is 11.8 Å². The van der Waals surface area contributed by atoms with Crippen LogP contribution in [0.1, 0.15) is 21.5 Å². The van der Waals surface area contributed by atoms with Gasteiger partial charge in [0, 0.05) is 35.8 Å². The molecule has 0 aromatic heterocycles. The lowest BCUT2D eigenvalue weighted by atomic mass is 10.1. The first-order chi connectivity index (χ1) is 18.6. The molecule has 0 heterocycles. The third-order valence-electron chi connectivity index (χ3n) is 5.10. The molecule has 0 aliphatic carbocycles. The summed E-state index contributed by atoms with van der Waals surface area (Å²) < 4.78 is 0. The lowest BCUT2D eigenvalue weighted by molar-refractivity contribution is -0.394. The Kier molecular flexibility index (Phi) is 9.75. The molecule has 0 radical (unpaired) electrons. The average Bonchev–Trinajstić information content (AvgIpc) is 2.92. The zero-order chi connectivity index (χ0) is 28.4. The van der Waals surface area contributed by atoms with E-state index in [0.717, 1.165) is 23.8 Å². The topological polar surface area (TPSA) is 200 Å². The molecule has 1 atom stereocenters. The minimum absolute atomic E-state index is 0.0799. The summed E-state index contributed by atoms with van der Waals surface area (Å²) >= 11 is 1.32. The summed E-state index contributed by atoms with van der Waals surface area (Å²) in [6.45, 7) is 0. The molecule has 0 saturated carbocycles. The Hall–Kier alpha value is -5.18. The number of amides is 2. The van der Waals surface area contributed by atoms with Crippen molar-refractivity contribution < 1.29 is 24.4 Å². The van der Waals surface area contributed by atoms with Gasteiger partial charge in [-0.2, -0.15) is 16.9 Å². The number of hydrazone groups is 1. The molecular weight excluding hydrogens is 532 g/mol. The number of nitrogens with zero attached hydrogens (tertiary/aromatic N) is 4. The molecule has 14 nitrogen and oxygen atoms in total. The molecule has 2 N–H and O–H groups in total. The van der Waals surface area contributed by atoms with E-state index in [1.54, 1.807) is 0 Å². The Balaban J connectivity index is 1.75. The van der Waals surface area contributed by atoms with E-state index in [-0.39, 0.29) is 17.0 Å². The van der Waals surface area contributed by atoms with Crippen LogP contribution in [0.2, 0.25) is 0 Å². The van der Waals surface area contributed by atoms with Gasteiger partial charge in [-0.1, -0.05) is 30.3 Å². The largest absolute Gasteiger partial charge is 0.339 e. The molecule has 0 unspecified atom stereocenters. The molecule has 39 heavy (non-hydrogen) atoms. The first-order valence-electron chi connectivity index (χ1n) is 11.1. The Morgan fingerprint density at radius 3 is 2.00 bits per heavy atom. The van der Waals surface area contributed by atoms with Crippen LogP contribution in [0.5, 0.6) is 0 Å². The monoisotopic (exact) mass is 552 g/mol. The molecule has 15 heteroatoms. The van der Waals surface area contributed by atoms with E-state index in [4.69, 9.17) is 0 Å². The summed E-state index contributed by atoms with van der Waals surface area (Å²) in [5, 5.41) is 39.4. The summed E-state index contributed by atoms with van der Waals surface area (Å²) in [6.07, 6.45) is 1.25. The molecule has 2 amide bonds. The molecule has 0 aliphatic rings. The highest BCUT2D eigenvalue weighted by Gasteiger charge is 2.25. The van der Waals surface area contributed by atoms with Gasteiger partial charge >= 0.3 is 0 Å². The second-order valence-electron chi connectivity index (χ2n) is 7.86. The molecule has 0 spiro atoms. The molecule has 0 fully saturated rings. The van der Waals surface area contributed by atoms with Gasteiger partial charge in [0.25, 0.3) is 28.9 Å². The second kappa shape index (κ2) is 13.4. The van der Waals surface area contributed by atoms with Gasteiger partial charge in [-0.15, -0.1) is 0 Å². The van der Waals surface area contributed by atoms with E-state index in [1.165, 1.54) is 42.2 Å². The molecule has 3 aromatic rings. The summed E-state index contributed by atoms with van der Waals surface area (Å²) in [5.41, 5.74) is 1.94. The zero-order valence-corrected chi connectivity index (χ0v) is 20.8. The predicted octanol–water partition coefficient (Wildman–Crippen LogP) is 3.59. The molecule has 3 aromatic carbocycles. The number of benzene rings is 3. The van der Waals surface area contributed by atoms with E-state index < -0.39 is 44.0 Å². The quantitative estimate of drug-likeness (QED) is 0.191. The third-order valence-corrected chi connectivity index (χ3v) is 6.20. The van der Waals surface area contributed by atoms with Gasteiger partial charge in [-0.3, -0.25) is 39.9 Å². The first-order valence-corrected chi connectivity index (χ1v) is 12.2. The van der Waals surface area contributed by atoms with Gasteiger partial charge in [-0.25, -0.2) is 5.43 Å². The van der Waals surface area contributed by atoms with Crippen molar-refractivity contribution in [2.45, 2.75) is 11.8 Å². The Morgan fingerprint density at radius 2 is 1.44 bits per heavy atom. The van der Waals surface area contributed by atoms with E-state index in [2.05, 4.69) is 15.8 Å². The van der Waals surface area contributed by atoms with Crippen molar-refractivity contribution in [3.8, 4) is 0 Å². The smallest absolute Gasteiger partial charge is 0.277 e. The summed E-state index contributed by atoms with van der Waals surface area (Å²) in [6, 6.07) is 16.0. The Morgan fingerprint density at radius 1 is 0.846 bits per heavy atom. The number of carbonyl (C=O) groups excluding carboxylic acids is 2. The highest BCUT2D eigenvalue weighted by Crippen LogP contribution is 2.23. The van der Waals surface area contributed by atoms with Crippen molar-refractivity contribution in [2.24, 2.45) is 5.10 Å². The number of thioether (sulfide) groups is 1. The Labute approximate surface area is 224 Å². The molecule has 0 bridgehead atoms. The standard InChI is InChI=1S/C24H20N6O8S/c31-23(18-10-20(29(35)36)12-21(11-18)30(37)38)26-22(15-39-14-17-4-2-1-3-5-17)24(32)27-25-13-16-6-8-19(9-7-16)28(33)34/h1-13,22H,14-15H2,(H,26,31)(H,27,32)/b25-13-/t22-/m1/s1. The van der Waals surface area contributed by atoms with E-state index in [0.29, 0.717) is 11.3 Å². The maximum Gasteiger partial charge on any atom is 0.277 e. The number of nitro benzene ring substituents is 3. The summed E-state index contributed by atoms with van der Waals surface area (Å²) in [4.78, 5) is 56.6. The predicted molar refractivity (Wildman–Crippen MR) is 142 cm³/mol.